The molecule has 0 unspecified atom stereocenters. The molecule has 1 amide bonds. The summed E-state index contributed by atoms with van der Waals surface area (Å²) in [6.45, 7) is 1.83. The van der Waals surface area contributed by atoms with Crippen LogP contribution in [-0.4, -0.2) is 58.8 Å². The summed E-state index contributed by atoms with van der Waals surface area (Å²) < 4.78 is 35.6. The number of rotatable bonds is 8. The van der Waals surface area contributed by atoms with Gasteiger partial charge in [0.1, 0.15) is 11.5 Å². The number of nitrogens with zero attached hydrogens (tertiary/aromatic N) is 1. The van der Waals surface area contributed by atoms with Gasteiger partial charge in [-0.1, -0.05) is 18.2 Å². The highest BCUT2D eigenvalue weighted by Gasteiger charge is 2.26. The van der Waals surface area contributed by atoms with Gasteiger partial charge in [-0.05, 0) is 56.3 Å². The fourth-order valence-corrected chi connectivity index (χ4v) is 4.88. The van der Waals surface area contributed by atoms with E-state index in [0.29, 0.717) is 49.7 Å². The third kappa shape index (κ3) is 5.52. The maximum Gasteiger partial charge on any atom is 0.227 e. The number of anilines is 1. The van der Waals surface area contributed by atoms with Gasteiger partial charge in [-0.2, -0.15) is 0 Å². The molecule has 1 heterocycles. The van der Waals surface area contributed by atoms with Crippen molar-refractivity contribution in [1.29, 1.82) is 0 Å². The highest BCUT2D eigenvalue weighted by Crippen LogP contribution is 2.26. The molecule has 162 valence electrons. The molecule has 1 fully saturated rings. The van der Waals surface area contributed by atoms with Gasteiger partial charge in [0, 0.05) is 12.5 Å². The number of piperidine rings is 1. The Morgan fingerprint density at radius 1 is 1.07 bits per heavy atom. The summed E-state index contributed by atoms with van der Waals surface area (Å²) in [7, 11) is -0.299. The van der Waals surface area contributed by atoms with Crippen LogP contribution in [0.15, 0.2) is 53.4 Å². The zero-order valence-electron chi connectivity index (χ0n) is 17.3. The van der Waals surface area contributed by atoms with Crippen molar-refractivity contribution >= 4 is 21.4 Å². The molecule has 0 aliphatic carbocycles. The minimum atomic E-state index is -3.39. The second-order valence-electron chi connectivity index (χ2n) is 7.30. The first kappa shape index (κ1) is 22.1. The van der Waals surface area contributed by atoms with Gasteiger partial charge in [0.15, 0.2) is 9.84 Å². The first-order chi connectivity index (χ1) is 14.4. The molecule has 1 N–H and O–H groups in total. The minimum absolute atomic E-state index is 0.0249. The Morgan fingerprint density at radius 2 is 1.80 bits per heavy atom. The Bertz CT molecular complexity index is 969. The van der Waals surface area contributed by atoms with Gasteiger partial charge in [0.25, 0.3) is 0 Å². The van der Waals surface area contributed by atoms with Gasteiger partial charge in [-0.3, -0.25) is 4.79 Å². The first-order valence-corrected chi connectivity index (χ1v) is 11.6. The summed E-state index contributed by atoms with van der Waals surface area (Å²) in [5, 5.41) is 2.94. The molecule has 2 aromatic carbocycles. The van der Waals surface area contributed by atoms with E-state index in [9.17, 15) is 13.2 Å². The molecule has 0 spiro atoms. The van der Waals surface area contributed by atoms with Crippen LogP contribution in [0.3, 0.4) is 0 Å². The molecular weight excluding hydrogens is 404 g/mol. The number of para-hydroxylation sites is 2. The quantitative estimate of drug-likeness (QED) is 0.691. The average molecular weight is 433 g/mol. The SMILES string of the molecule is COc1cccc(S(=O)(=O)CCN2CCC(C(=O)Nc3ccccc3OC)CC2)c1. The number of hydrogen-bond acceptors (Lipinski definition) is 6. The van der Waals surface area contributed by atoms with Crippen LogP contribution < -0.4 is 14.8 Å². The molecule has 1 aliphatic heterocycles. The second kappa shape index (κ2) is 9.95. The zero-order chi connectivity index (χ0) is 21.6. The number of benzene rings is 2. The molecule has 0 radical (unpaired) electrons. The molecule has 3 rings (SSSR count). The smallest absolute Gasteiger partial charge is 0.227 e. The Morgan fingerprint density at radius 3 is 2.50 bits per heavy atom. The van der Waals surface area contributed by atoms with E-state index >= 15 is 0 Å². The summed E-state index contributed by atoms with van der Waals surface area (Å²) >= 11 is 0. The molecule has 1 aliphatic rings. The fourth-order valence-electron chi connectivity index (χ4n) is 3.56. The van der Waals surface area contributed by atoms with Gasteiger partial charge < -0.3 is 19.7 Å². The number of carbonyl (C=O) groups excluding carboxylic acids is 1. The normalized spacial score (nSPS) is 15.5. The molecule has 2 aromatic rings. The van der Waals surface area contributed by atoms with Gasteiger partial charge in [0.05, 0.1) is 30.6 Å². The predicted octanol–water partition coefficient (Wildman–Crippen LogP) is 2.83. The van der Waals surface area contributed by atoms with Crippen molar-refractivity contribution in [2.24, 2.45) is 5.92 Å². The van der Waals surface area contributed by atoms with Crippen LogP contribution in [0, 0.1) is 5.92 Å². The number of ether oxygens (including phenoxy) is 2. The standard InChI is InChI=1S/C22H28N2O5S/c1-28-18-6-5-7-19(16-18)30(26,27)15-14-24-12-10-17(11-13-24)22(25)23-20-8-3-4-9-21(20)29-2/h3-9,16-17H,10-15H2,1-2H3,(H,23,25). The van der Waals surface area contributed by atoms with Gasteiger partial charge >= 0.3 is 0 Å². The number of carbonyl (C=O) groups is 1. The first-order valence-electron chi connectivity index (χ1n) is 9.96. The minimum Gasteiger partial charge on any atom is -0.497 e. The maximum atomic E-state index is 12.6. The lowest BCUT2D eigenvalue weighted by Gasteiger charge is -2.31. The van der Waals surface area contributed by atoms with Crippen LogP contribution in [0.25, 0.3) is 0 Å². The highest BCUT2D eigenvalue weighted by molar-refractivity contribution is 7.91. The van der Waals surface area contributed by atoms with Gasteiger partial charge in [-0.15, -0.1) is 0 Å². The fraction of sp³-hybridized carbons (Fsp3) is 0.409. The van der Waals surface area contributed by atoms with Crippen molar-refractivity contribution in [3.8, 4) is 11.5 Å². The number of hydrogen-bond donors (Lipinski definition) is 1. The van der Waals surface area contributed by atoms with Crippen molar-refractivity contribution < 1.29 is 22.7 Å². The van der Waals surface area contributed by atoms with Gasteiger partial charge in [0.2, 0.25) is 5.91 Å². The van der Waals surface area contributed by atoms with Crippen LogP contribution in [0.1, 0.15) is 12.8 Å². The highest BCUT2D eigenvalue weighted by atomic mass is 32.2. The summed E-state index contributed by atoms with van der Waals surface area (Å²) in [5.41, 5.74) is 0.664. The monoisotopic (exact) mass is 432 g/mol. The van der Waals surface area contributed by atoms with Crippen molar-refractivity contribution in [2.45, 2.75) is 17.7 Å². The Labute approximate surface area is 177 Å². The average Bonchev–Trinajstić information content (AvgIpc) is 2.78. The lowest BCUT2D eigenvalue weighted by molar-refractivity contribution is -0.121. The number of amides is 1. The molecule has 0 saturated carbocycles. The third-order valence-corrected chi connectivity index (χ3v) is 7.09. The van der Waals surface area contributed by atoms with Gasteiger partial charge in [-0.25, -0.2) is 8.42 Å². The lowest BCUT2D eigenvalue weighted by Crippen LogP contribution is -2.40. The van der Waals surface area contributed by atoms with E-state index in [1.165, 1.54) is 7.11 Å². The van der Waals surface area contributed by atoms with E-state index in [4.69, 9.17) is 9.47 Å². The number of likely N-dealkylation sites (tertiary alicyclic amines) is 1. The largest absolute Gasteiger partial charge is 0.497 e. The van der Waals surface area contributed by atoms with Crippen LogP contribution in [0.5, 0.6) is 11.5 Å². The molecule has 0 atom stereocenters. The van der Waals surface area contributed by atoms with E-state index in [1.54, 1.807) is 37.4 Å². The van der Waals surface area contributed by atoms with Crippen molar-refractivity contribution in [2.75, 3.05) is 44.9 Å². The maximum absolute atomic E-state index is 12.6. The van der Waals surface area contributed by atoms with E-state index < -0.39 is 9.84 Å². The summed E-state index contributed by atoms with van der Waals surface area (Å²) in [4.78, 5) is 15.0. The predicted molar refractivity (Wildman–Crippen MR) is 116 cm³/mol. The molecule has 0 bridgehead atoms. The number of nitrogens with one attached hydrogen (secondary N) is 1. The van der Waals surface area contributed by atoms with Crippen LogP contribution in [0.2, 0.25) is 0 Å². The Balaban J connectivity index is 1.50. The van der Waals surface area contributed by atoms with Crippen molar-refractivity contribution in [3.63, 3.8) is 0 Å². The van der Waals surface area contributed by atoms with E-state index in [2.05, 4.69) is 10.2 Å². The molecule has 0 aromatic heterocycles. The molecule has 30 heavy (non-hydrogen) atoms. The molecule has 1 saturated heterocycles. The lowest BCUT2D eigenvalue weighted by atomic mass is 9.96. The second-order valence-corrected chi connectivity index (χ2v) is 9.41. The Hall–Kier alpha value is -2.58. The summed E-state index contributed by atoms with van der Waals surface area (Å²) in [5.74, 6) is 1.08. The summed E-state index contributed by atoms with van der Waals surface area (Å²) in [6.07, 6.45) is 1.39. The third-order valence-electron chi connectivity index (χ3n) is 5.40. The molecule has 8 heteroatoms. The number of methoxy groups -OCH3 is 2. The van der Waals surface area contributed by atoms with Crippen LogP contribution >= 0.6 is 0 Å². The summed E-state index contributed by atoms with van der Waals surface area (Å²) in [6, 6.07) is 13.9. The number of sulfone groups is 1. The van der Waals surface area contributed by atoms with Crippen molar-refractivity contribution in [1.82, 2.24) is 4.90 Å². The topological polar surface area (TPSA) is 84.9 Å². The molecule has 7 nitrogen and oxygen atoms in total. The Kier molecular flexibility index (Phi) is 7.33. The van der Waals surface area contributed by atoms with E-state index in [-0.39, 0.29) is 22.5 Å². The van der Waals surface area contributed by atoms with Crippen molar-refractivity contribution in [3.05, 3.63) is 48.5 Å². The van der Waals surface area contributed by atoms with E-state index in [0.717, 1.165) is 0 Å². The molecular formula is C22H28N2O5S. The van der Waals surface area contributed by atoms with Crippen LogP contribution in [0.4, 0.5) is 5.69 Å². The zero-order valence-corrected chi connectivity index (χ0v) is 18.2. The van der Waals surface area contributed by atoms with Crippen LogP contribution in [-0.2, 0) is 14.6 Å². The van der Waals surface area contributed by atoms with E-state index in [1.807, 2.05) is 18.2 Å².